The Balaban J connectivity index is -0.000000392. The number of hydrogen-bond donors (Lipinski definition) is 1. The Morgan fingerprint density at radius 2 is 1.44 bits per heavy atom. The Kier molecular flexibility index (Phi) is 23.8. The van der Waals surface area contributed by atoms with Crippen LogP contribution in [-0.2, 0) is 14.6 Å². The van der Waals surface area contributed by atoms with Crippen LogP contribution in [0.5, 0.6) is 0 Å². The van der Waals surface area contributed by atoms with Gasteiger partial charge in [-0.15, -0.1) is 0 Å². The summed E-state index contributed by atoms with van der Waals surface area (Å²) >= 11 is 0. The molecule has 0 rings (SSSR count). The van der Waals surface area contributed by atoms with E-state index in [4.69, 9.17) is 4.55 Å². The van der Waals surface area contributed by atoms with Crippen LogP contribution in [0.15, 0.2) is 0 Å². The van der Waals surface area contributed by atoms with Gasteiger partial charge in [-0.1, -0.05) is 52.4 Å². The molecular weight excluding hydrogens is 263 g/mol. The third-order valence-corrected chi connectivity index (χ3v) is 2.55. The third kappa shape index (κ3) is 30.2. The fourth-order valence-corrected chi connectivity index (χ4v) is 1.38. The fourth-order valence-electron chi connectivity index (χ4n) is 1.05. The van der Waals surface area contributed by atoms with Gasteiger partial charge in [0.1, 0.15) is 0 Å². The van der Waals surface area contributed by atoms with Gasteiger partial charge < -0.3 is 6.92 Å². The molecule has 0 fully saturated rings. The summed E-state index contributed by atoms with van der Waals surface area (Å²) in [6.07, 6.45) is 8.62. The van der Waals surface area contributed by atoms with Crippen molar-refractivity contribution in [3.8, 4) is 0 Å². The monoisotopic (exact) mass is 290 g/mol. The maximum absolute atomic E-state index is 10.1. The van der Waals surface area contributed by atoms with Crippen LogP contribution < -0.4 is 29.6 Å². The first-order valence-electron chi connectivity index (χ1n) is 6.39. The molecule has 6 heteroatoms. The molecule has 0 unspecified atom stereocenters. The average molecular weight is 290 g/mol. The predicted octanol–water partition coefficient (Wildman–Crippen LogP) is 0.791. The largest absolute Gasteiger partial charge is 1.00 e. The molecule has 4 nitrogen and oxygen atoms in total. The molecule has 0 aliphatic rings. The standard InChI is InChI=1S/C8H18O4S.C4H9.Na/c1-2-3-4-5-6-7-8-12-13(9,10)11;1-3-4-2;/h2-8H2,1H3,(H,9,10,11);1,3-4H2,2H3;/q;-1;+1. The van der Waals surface area contributed by atoms with Gasteiger partial charge in [0.2, 0.25) is 0 Å². The molecule has 0 heterocycles. The molecule has 0 radical (unpaired) electrons. The molecule has 0 bridgehead atoms. The van der Waals surface area contributed by atoms with Crippen LogP contribution in [0.3, 0.4) is 0 Å². The molecule has 0 atom stereocenters. The Morgan fingerprint density at radius 1 is 1.00 bits per heavy atom. The summed E-state index contributed by atoms with van der Waals surface area (Å²) in [5.74, 6) is 0. The summed E-state index contributed by atoms with van der Waals surface area (Å²) in [6, 6.07) is 0. The Hall–Kier alpha value is 0.870. The number of rotatable bonds is 9. The zero-order valence-corrected chi connectivity index (χ0v) is 15.0. The smallest absolute Gasteiger partial charge is 0.343 e. The molecule has 0 saturated heterocycles. The molecular formula is C12H27NaO4S. The van der Waals surface area contributed by atoms with Crippen molar-refractivity contribution in [3.63, 3.8) is 0 Å². The van der Waals surface area contributed by atoms with Crippen LogP contribution >= 0.6 is 0 Å². The van der Waals surface area contributed by atoms with E-state index in [0.29, 0.717) is 6.42 Å². The first-order chi connectivity index (χ1) is 7.97. The van der Waals surface area contributed by atoms with Gasteiger partial charge >= 0.3 is 40.0 Å². The first-order valence-corrected chi connectivity index (χ1v) is 7.75. The van der Waals surface area contributed by atoms with Gasteiger partial charge in [-0.2, -0.15) is 14.8 Å². The topological polar surface area (TPSA) is 63.6 Å². The molecule has 0 aliphatic carbocycles. The summed E-state index contributed by atoms with van der Waals surface area (Å²) in [5, 5.41) is 0. The molecule has 0 saturated carbocycles. The molecule has 0 spiro atoms. The van der Waals surface area contributed by atoms with Crippen molar-refractivity contribution in [1.29, 1.82) is 0 Å². The Labute approximate surface area is 135 Å². The van der Waals surface area contributed by atoms with Crippen molar-refractivity contribution in [2.75, 3.05) is 6.61 Å². The minimum Gasteiger partial charge on any atom is -0.343 e. The van der Waals surface area contributed by atoms with E-state index < -0.39 is 10.4 Å². The average Bonchev–Trinajstić information content (AvgIpc) is 2.27. The molecule has 0 amide bonds. The van der Waals surface area contributed by atoms with Crippen molar-refractivity contribution < 1.29 is 46.7 Å². The molecule has 0 aromatic carbocycles. The predicted molar refractivity (Wildman–Crippen MR) is 71.1 cm³/mol. The van der Waals surface area contributed by atoms with E-state index in [2.05, 4.69) is 25.0 Å². The van der Waals surface area contributed by atoms with Crippen molar-refractivity contribution in [3.05, 3.63) is 6.92 Å². The van der Waals surface area contributed by atoms with Crippen molar-refractivity contribution in [2.24, 2.45) is 0 Å². The van der Waals surface area contributed by atoms with Crippen LogP contribution in [-0.4, -0.2) is 19.6 Å². The molecule has 0 aromatic heterocycles. The van der Waals surface area contributed by atoms with Gasteiger partial charge in [-0.05, 0) is 6.42 Å². The van der Waals surface area contributed by atoms with E-state index >= 15 is 0 Å². The summed E-state index contributed by atoms with van der Waals surface area (Å²) < 4.78 is 32.6. The van der Waals surface area contributed by atoms with Crippen molar-refractivity contribution >= 4 is 10.4 Å². The Morgan fingerprint density at radius 3 is 1.83 bits per heavy atom. The van der Waals surface area contributed by atoms with Gasteiger partial charge in [0.05, 0.1) is 6.61 Å². The maximum Gasteiger partial charge on any atom is 1.00 e. The summed E-state index contributed by atoms with van der Waals surface area (Å²) in [7, 11) is -4.22. The van der Waals surface area contributed by atoms with Crippen LogP contribution in [0.2, 0.25) is 0 Å². The van der Waals surface area contributed by atoms with E-state index in [0.717, 1.165) is 19.3 Å². The molecule has 0 aliphatic heterocycles. The number of hydrogen-bond acceptors (Lipinski definition) is 3. The SMILES string of the molecule is CCCCCCCCOS(=O)(=O)O.[CH2-]CCC.[Na+]. The Bertz CT molecular complexity index is 228. The molecule has 1 N–H and O–H groups in total. The molecule has 18 heavy (non-hydrogen) atoms. The summed E-state index contributed by atoms with van der Waals surface area (Å²) in [5.41, 5.74) is 0. The van der Waals surface area contributed by atoms with Crippen molar-refractivity contribution in [1.82, 2.24) is 0 Å². The normalized spacial score (nSPS) is 10.2. The zero-order chi connectivity index (χ0) is 13.6. The quantitative estimate of drug-likeness (QED) is 0.295. The zero-order valence-electron chi connectivity index (χ0n) is 12.2. The van der Waals surface area contributed by atoms with Crippen LogP contribution in [0.1, 0.15) is 65.2 Å². The van der Waals surface area contributed by atoms with Gasteiger partial charge in [0.25, 0.3) is 0 Å². The van der Waals surface area contributed by atoms with Gasteiger partial charge in [-0.25, -0.2) is 4.18 Å². The third-order valence-electron chi connectivity index (χ3n) is 2.08. The second kappa shape index (κ2) is 17.9. The number of unbranched alkanes of at least 4 members (excludes halogenated alkanes) is 6. The summed E-state index contributed by atoms with van der Waals surface area (Å²) in [4.78, 5) is 0. The van der Waals surface area contributed by atoms with E-state index in [9.17, 15) is 8.42 Å². The minimum atomic E-state index is -4.22. The van der Waals surface area contributed by atoms with Crippen LogP contribution in [0.25, 0.3) is 0 Å². The molecule has 0 aromatic rings. The van der Waals surface area contributed by atoms with E-state index in [1.165, 1.54) is 25.7 Å². The second-order valence-electron chi connectivity index (χ2n) is 3.87. The van der Waals surface area contributed by atoms with Crippen molar-refractivity contribution in [2.45, 2.75) is 65.2 Å². The fraction of sp³-hybridized carbons (Fsp3) is 0.917. The minimum absolute atomic E-state index is 0. The summed E-state index contributed by atoms with van der Waals surface area (Å²) in [6.45, 7) is 7.95. The molecule has 106 valence electrons. The first kappa shape index (κ1) is 23.9. The van der Waals surface area contributed by atoms with Gasteiger partial charge in [0, 0.05) is 0 Å². The van der Waals surface area contributed by atoms with Gasteiger partial charge in [0.15, 0.2) is 0 Å². The van der Waals surface area contributed by atoms with Crippen LogP contribution in [0, 0.1) is 6.92 Å². The second-order valence-corrected chi connectivity index (χ2v) is 4.96. The maximum atomic E-state index is 10.1. The van der Waals surface area contributed by atoms with Crippen LogP contribution in [0.4, 0.5) is 0 Å². The van der Waals surface area contributed by atoms with E-state index in [1.807, 2.05) is 0 Å². The van der Waals surface area contributed by atoms with E-state index in [1.54, 1.807) is 0 Å². The van der Waals surface area contributed by atoms with Gasteiger partial charge in [-0.3, -0.25) is 4.55 Å². The van der Waals surface area contributed by atoms with E-state index in [-0.39, 0.29) is 36.2 Å².